The van der Waals surface area contributed by atoms with Gasteiger partial charge in [0.05, 0.1) is 6.61 Å². The molecule has 0 aromatic rings. The van der Waals surface area contributed by atoms with Crippen LogP contribution in [0.25, 0.3) is 0 Å². The fourth-order valence-corrected chi connectivity index (χ4v) is 1.59. The Bertz CT molecular complexity index is 401. The van der Waals surface area contributed by atoms with Gasteiger partial charge in [0.2, 0.25) is 0 Å². The Labute approximate surface area is 125 Å². The van der Waals surface area contributed by atoms with Crippen LogP contribution in [-0.2, 0) is 4.74 Å². The summed E-state index contributed by atoms with van der Waals surface area (Å²) in [5.41, 5.74) is 4.20. The van der Waals surface area contributed by atoms with Crippen molar-refractivity contribution in [2.45, 2.75) is 53.9 Å². The largest absolute Gasteiger partial charge is 0.495 e. The fourth-order valence-electron chi connectivity index (χ4n) is 1.59. The Hall–Kier alpha value is -1.50. The molecule has 0 atom stereocenters. The Kier molecular flexibility index (Phi) is 10.5. The number of rotatable bonds is 9. The van der Waals surface area contributed by atoms with Crippen molar-refractivity contribution in [2.75, 3.05) is 6.61 Å². The van der Waals surface area contributed by atoms with E-state index >= 15 is 0 Å². The highest BCUT2D eigenvalue weighted by molar-refractivity contribution is 5.22. The summed E-state index contributed by atoms with van der Waals surface area (Å²) in [5.74, 6) is 0.734. The molecule has 0 fully saturated rings. The van der Waals surface area contributed by atoms with E-state index < -0.39 is 0 Å². The molecule has 0 aromatic carbocycles. The molecule has 1 nitrogen and oxygen atoms in total. The van der Waals surface area contributed by atoms with Gasteiger partial charge in [-0.15, -0.1) is 0 Å². The van der Waals surface area contributed by atoms with Crippen LogP contribution in [-0.4, -0.2) is 6.61 Å². The van der Waals surface area contributed by atoms with Crippen LogP contribution in [0.5, 0.6) is 0 Å². The minimum Gasteiger partial charge on any atom is -0.495 e. The maximum absolute atomic E-state index is 5.27. The first-order chi connectivity index (χ1) is 9.51. The van der Waals surface area contributed by atoms with Gasteiger partial charge in [-0.2, -0.15) is 0 Å². The lowest BCUT2D eigenvalue weighted by atomic mass is 10.1. The number of allylic oxidation sites excluding steroid dienone is 8. The summed E-state index contributed by atoms with van der Waals surface area (Å²) in [6.07, 6.45) is 13.9. The zero-order valence-corrected chi connectivity index (χ0v) is 13.8. The summed E-state index contributed by atoms with van der Waals surface area (Å²) < 4.78 is 5.27. The minimum absolute atomic E-state index is 0.674. The molecule has 1 heteroatoms. The van der Waals surface area contributed by atoms with E-state index in [1.165, 1.54) is 16.7 Å². The predicted octanol–water partition coefficient (Wildman–Crippen LogP) is 6.12. The highest BCUT2D eigenvalue weighted by atomic mass is 16.5. The second-order valence-corrected chi connectivity index (χ2v) is 5.04. The Balaban J connectivity index is 4.30. The second kappa shape index (κ2) is 11.3. The maximum atomic E-state index is 5.27. The van der Waals surface area contributed by atoms with Gasteiger partial charge < -0.3 is 4.74 Å². The van der Waals surface area contributed by atoms with Gasteiger partial charge in [0, 0.05) is 0 Å². The maximum Gasteiger partial charge on any atom is 0.111 e. The van der Waals surface area contributed by atoms with E-state index in [9.17, 15) is 0 Å². The van der Waals surface area contributed by atoms with E-state index in [0.717, 1.165) is 25.0 Å². The van der Waals surface area contributed by atoms with Gasteiger partial charge in [0.15, 0.2) is 0 Å². The molecule has 0 spiro atoms. The summed E-state index contributed by atoms with van der Waals surface area (Å²) >= 11 is 0. The first-order valence-corrected chi connectivity index (χ1v) is 7.48. The third-order valence-electron chi connectivity index (χ3n) is 3.17. The summed E-state index contributed by atoms with van der Waals surface area (Å²) in [5, 5.41) is 0. The smallest absolute Gasteiger partial charge is 0.111 e. The highest BCUT2D eigenvalue weighted by Gasteiger charge is 1.91. The molecule has 0 N–H and O–H groups in total. The van der Waals surface area contributed by atoms with Crippen LogP contribution < -0.4 is 0 Å². The molecular weight excluding hydrogens is 244 g/mol. The molecule has 0 saturated heterocycles. The third-order valence-corrected chi connectivity index (χ3v) is 3.17. The summed E-state index contributed by atoms with van der Waals surface area (Å²) in [6.45, 7) is 15.1. The van der Waals surface area contributed by atoms with E-state index in [1.807, 2.05) is 13.0 Å². The van der Waals surface area contributed by atoms with Crippen molar-refractivity contribution < 1.29 is 4.74 Å². The molecule has 0 aliphatic carbocycles. The van der Waals surface area contributed by atoms with Crippen LogP contribution in [0.1, 0.15) is 53.9 Å². The molecule has 0 aliphatic rings. The Morgan fingerprint density at radius 1 is 1.05 bits per heavy atom. The first kappa shape index (κ1) is 18.5. The lowest BCUT2D eigenvalue weighted by molar-refractivity contribution is 0.244. The van der Waals surface area contributed by atoms with Crippen LogP contribution in [0.4, 0.5) is 0 Å². The zero-order chi connectivity index (χ0) is 15.4. The Morgan fingerprint density at radius 3 is 2.30 bits per heavy atom. The molecule has 0 rings (SSSR count). The van der Waals surface area contributed by atoms with Crippen molar-refractivity contribution in [1.29, 1.82) is 0 Å². The fraction of sp³-hybridized carbons (Fsp3) is 0.474. The van der Waals surface area contributed by atoms with Gasteiger partial charge in [0.1, 0.15) is 5.76 Å². The van der Waals surface area contributed by atoms with Gasteiger partial charge in [-0.25, -0.2) is 0 Å². The molecule has 0 radical (unpaired) electrons. The molecule has 112 valence electrons. The second-order valence-electron chi connectivity index (χ2n) is 5.04. The number of ether oxygens (including phenoxy) is 1. The lowest BCUT2D eigenvalue weighted by Crippen LogP contribution is -1.85. The number of hydrogen-bond donors (Lipinski definition) is 0. The van der Waals surface area contributed by atoms with E-state index in [-0.39, 0.29) is 0 Å². The Morgan fingerprint density at radius 2 is 1.75 bits per heavy atom. The SMILES string of the molecule is C=C(C=CCC=C(CC)CC=CC(C)=C(C)C)OCC. The molecule has 0 amide bonds. The van der Waals surface area contributed by atoms with Gasteiger partial charge in [-0.3, -0.25) is 0 Å². The van der Waals surface area contributed by atoms with Gasteiger partial charge in [-0.1, -0.05) is 54.5 Å². The standard InChI is InChI=1S/C19H30O/c1-7-19(15-11-12-17(5)16(3)4)14-10-9-13-18(6)20-8-2/h9,11-14H,6-8,10,15H2,1-5H3. The predicted molar refractivity (Wildman–Crippen MR) is 90.7 cm³/mol. The molecule has 0 aromatic heterocycles. The molecule has 0 unspecified atom stereocenters. The van der Waals surface area contributed by atoms with Crippen molar-refractivity contribution in [3.63, 3.8) is 0 Å². The average molecular weight is 274 g/mol. The van der Waals surface area contributed by atoms with Crippen molar-refractivity contribution in [3.8, 4) is 0 Å². The molecular formula is C19H30O. The van der Waals surface area contributed by atoms with E-state index in [1.54, 1.807) is 0 Å². The molecule has 0 heterocycles. The van der Waals surface area contributed by atoms with E-state index in [2.05, 4.69) is 58.6 Å². The van der Waals surface area contributed by atoms with Crippen molar-refractivity contribution in [2.24, 2.45) is 0 Å². The summed E-state index contributed by atoms with van der Waals surface area (Å²) in [6, 6.07) is 0. The van der Waals surface area contributed by atoms with Crippen LogP contribution in [0.15, 0.2) is 59.4 Å². The summed E-state index contributed by atoms with van der Waals surface area (Å²) in [4.78, 5) is 0. The van der Waals surface area contributed by atoms with Crippen LogP contribution in [0.2, 0.25) is 0 Å². The zero-order valence-electron chi connectivity index (χ0n) is 13.8. The quantitative estimate of drug-likeness (QED) is 0.279. The monoisotopic (exact) mass is 274 g/mol. The number of hydrogen-bond acceptors (Lipinski definition) is 1. The minimum atomic E-state index is 0.674. The van der Waals surface area contributed by atoms with E-state index in [0.29, 0.717) is 6.61 Å². The third kappa shape index (κ3) is 9.43. The summed E-state index contributed by atoms with van der Waals surface area (Å²) in [7, 11) is 0. The average Bonchev–Trinajstić information content (AvgIpc) is 2.41. The van der Waals surface area contributed by atoms with Crippen molar-refractivity contribution in [1.82, 2.24) is 0 Å². The van der Waals surface area contributed by atoms with Crippen molar-refractivity contribution in [3.05, 3.63) is 59.4 Å². The van der Waals surface area contributed by atoms with Crippen LogP contribution >= 0.6 is 0 Å². The van der Waals surface area contributed by atoms with Gasteiger partial charge in [-0.05, 0) is 53.0 Å². The van der Waals surface area contributed by atoms with Crippen molar-refractivity contribution >= 4 is 0 Å². The highest BCUT2D eigenvalue weighted by Crippen LogP contribution is 2.11. The normalized spacial score (nSPS) is 12.2. The van der Waals surface area contributed by atoms with Gasteiger partial charge in [0.25, 0.3) is 0 Å². The van der Waals surface area contributed by atoms with Crippen LogP contribution in [0.3, 0.4) is 0 Å². The first-order valence-electron chi connectivity index (χ1n) is 7.48. The molecule has 0 saturated carbocycles. The topological polar surface area (TPSA) is 9.23 Å². The lowest BCUT2D eigenvalue weighted by Gasteiger charge is -2.01. The molecule has 0 bridgehead atoms. The van der Waals surface area contributed by atoms with Crippen LogP contribution in [0, 0.1) is 0 Å². The van der Waals surface area contributed by atoms with Gasteiger partial charge >= 0.3 is 0 Å². The molecule has 0 aliphatic heterocycles. The van der Waals surface area contributed by atoms with E-state index in [4.69, 9.17) is 4.74 Å². The molecule has 20 heavy (non-hydrogen) atoms.